The molecule has 1 saturated heterocycles. The van der Waals surface area contributed by atoms with Gasteiger partial charge in [0, 0.05) is 0 Å². The van der Waals surface area contributed by atoms with Crippen LogP contribution in [0.4, 0.5) is 0 Å². The van der Waals surface area contributed by atoms with Crippen molar-refractivity contribution in [3.8, 4) is 0 Å². The van der Waals surface area contributed by atoms with Crippen LogP contribution in [0.5, 0.6) is 0 Å². The molecular weight excluding hydrogens is 98.5 g/mol. The quantitative estimate of drug-likeness (QED) is 0.324. The van der Waals surface area contributed by atoms with Gasteiger partial charge in [-0.15, -0.1) is 6.58 Å². The second-order valence-electron chi connectivity index (χ2n) is 1.73. The molecule has 6 heteroatoms. The summed E-state index contributed by atoms with van der Waals surface area (Å²) >= 11 is 0. The van der Waals surface area contributed by atoms with Crippen molar-refractivity contribution in [2.24, 2.45) is 0 Å². The second kappa shape index (κ2) is 2.97. The molecule has 0 amide bonds. The van der Waals surface area contributed by atoms with Crippen LogP contribution in [0.15, 0.2) is 12.6 Å². The van der Waals surface area contributed by atoms with Gasteiger partial charge in [-0.25, -0.2) is 0 Å². The molecule has 1 aliphatic rings. The molecule has 1 aliphatic heterocycles. The van der Waals surface area contributed by atoms with Gasteiger partial charge in [-0.1, -0.05) is 5.98 Å². The van der Waals surface area contributed by atoms with Crippen LogP contribution in [0.1, 0.15) is 0 Å². The van der Waals surface area contributed by atoms with Crippen molar-refractivity contribution >= 4 is 22.1 Å². The number of hydrogen-bond donors (Lipinski definition) is 3. The fraction of sp³-hybridized carbons (Fsp3) is 0. The van der Waals surface area contributed by atoms with E-state index in [1.54, 1.807) is 0 Å². The summed E-state index contributed by atoms with van der Waals surface area (Å²) in [6.45, 7) is 3.92. The van der Waals surface area contributed by atoms with Crippen molar-refractivity contribution in [1.82, 2.24) is 15.4 Å². The summed E-state index contributed by atoms with van der Waals surface area (Å²) in [5.74, 6) is 1.85. The number of nitrogens with one attached hydrogen (secondary N) is 3. The average molecular weight is 107 g/mol. The number of hydrogen-bond acceptors (Lipinski definition) is 3. The molecule has 1 fully saturated rings. The van der Waals surface area contributed by atoms with Gasteiger partial charge >= 0.3 is 6.98 Å². The van der Waals surface area contributed by atoms with Gasteiger partial charge in [0.25, 0.3) is 15.1 Å². The number of rotatable bonds is 1. The van der Waals surface area contributed by atoms with E-state index in [4.69, 9.17) is 0 Å². The van der Waals surface area contributed by atoms with E-state index >= 15 is 0 Å². The monoisotopic (exact) mass is 107 g/mol. The van der Waals surface area contributed by atoms with Gasteiger partial charge < -0.3 is 15.4 Å². The minimum Gasteiger partial charge on any atom is -0.378 e. The Labute approximate surface area is 51.0 Å². The lowest BCUT2D eigenvalue weighted by atomic mass is 9.66. The standard InChI is InChI=1S/C2H8B3N3/c1-2-5-7-3-6-4-8-5/h2-4,6-8H,1H2. The van der Waals surface area contributed by atoms with E-state index in [0.717, 1.165) is 15.1 Å². The van der Waals surface area contributed by atoms with Crippen molar-refractivity contribution in [2.45, 2.75) is 0 Å². The Hall–Kier alpha value is -0.185. The predicted molar refractivity (Wildman–Crippen MR) is 39.7 cm³/mol. The molecule has 3 nitrogen and oxygen atoms in total. The average Bonchev–Trinajstić information content (AvgIpc) is 1.90. The maximum Gasteiger partial charge on any atom is 0.311 e. The third-order valence-electron chi connectivity index (χ3n) is 1.13. The molecule has 40 valence electrons. The molecule has 0 radical (unpaired) electrons. The summed E-state index contributed by atoms with van der Waals surface area (Å²) in [6, 6.07) is 0. The summed E-state index contributed by atoms with van der Waals surface area (Å²) in [7, 11) is 1.73. The Balaban J connectivity index is 2.22. The zero-order valence-electron chi connectivity index (χ0n) is 4.78. The van der Waals surface area contributed by atoms with Crippen molar-refractivity contribution in [2.75, 3.05) is 0 Å². The molecule has 8 heavy (non-hydrogen) atoms. The molecule has 0 aromatic rings. The molecule has 0 aromatic heterocycles. The fourth-order valence-electron chi connectivity index (χ4n) is 0.666. The third kappa shape index (κ3) is 1.40. The van der Waals surface area contributed by atoms with Gasteiger partial charge in [0.15, 0.2) is 0 Å². The molecule has 1 heterocycles. The Bertz CT molecular complexity index is 80.6. The lowest BCUT2D eigenvalue weighted by molar-refractivity contribution is 1.25. The zero-order chi connectivity index (χ0) is 5.82. The van der Waals surface area contributed by atoms with Gasteiger partial charge in [0.05, 0.1) is 0 Å². The highest BCUT2D eigenvalue weighted by Crippen LogP contribution is 1.70. The largest absolute Gasteiger partial charge is 0.378 e. The van der Waals surface area contributed by atoms with E-state index in [-0.39, 0.29) is 6.98 Å². The van der Waals surface area contributed by atoms with E-state index in [2.05, 4.69) is 22.0 Å². The Kier molecular flexibility index (Phi) is 2.20. The van der Waals surface area contributed by atoms with Gasteiger partial charge in [0.1, 0.15) is 0 Å². The first-order chi connectivity index (χ1) is 3.93. The highest BCUT2D eigenvalue weighted by Gasteiger charge is 2.12. The Morgan fingerprint density at radius 3 is 2.38 bits per heavy atom. The first-order valence-electron chi connectivity index (χ1n) is 2.73. The van der Waals surface area contributed by atoms with Crippen LogP contribution in [-0.2, 0) is 0 Å². The molecule has 0 aliphatic carbocycles. The zero-order valence-corrected chi connectivity index (χ0v) is 4.78. The predicted octanol–water partition coefficient (Wildman–Crippen LogP) is -2.48. The maximum absolute atomic E-state index is 3.63. The van der Waals surface area contributed by atoms with Crippen molar-refractivity contribution < 1.29 is 0 Å². The first-order valence-corrected chi connectivity index (χ1v) is 2.73. The molecule has 1 rings (SSSR count). The highest BCUT2D eigenvalue weighted by molar-refractivity contribution is 6.77. The smallest absolute Gasteiger partial charge is 0.311 e. The first kappa shape index (κ1) is 5.94. The van der Waals surface area contributed by atoms with Crippen LogP contribution in [-0.4, -0.2) is 22.1 Å². The summed E-state index contributed by atoms with van der Waals surface area (Å²) < 4.78 is 0. The molecule has 0 saturated carbocycles. The lowest BCUT2D eigenvalue weighted by Crippen LogP contribution is -2.62. The Morgan fingerprint density at radius 1 is 1.38 bits per heavy atom. The van der Waals surface area contributed by atoms with Crippen LogP contribution in [0.3, 0.4) is 0 Å². The molecule has 0 bridgehead atoms. The van der Waals surface area contributed by atoms with E-state index in [0.29, 0.717) is 0 Å². The summed E-state index contributed by atoms with van der Waals surface area (Å²) in [6.07, 6.45) is 0. The molecule has 3 N–H and O–H groups in total. The minimum absolute atomic E-state index is 0.288. The van der Waals surface area contributed by atoms with Crippen LogP contribution >= 0.6 is 0 Å². The highest BCUT2D eigenvalue weighted by atomic mass is 15.0. The molecule has 0 unspecified atom stereocenters. The van der Waals surface area contributed by atoms with Gasteiger partial charge in [-0.05, 0) is 0 Å². The van der Waals surface area contributed by atoms with Crippen molar-refractivity contribution in [3.63, 3.8) is 0 Å². The topological polar surface area (TPSA) is 36.1 Å². The van der Waals surface area contributed by atoms with Gasteiger partial charge in [-0.2, -0.15) is 0 Å². The van der Waals surface area contributed by atoms with E-state index in [1.807, 2.05) is 5.98 Å². The van der Waals surface area contributed by atoms with Crippen LogP contribution in [0.25, 0.3) is 0 Å². The van der Waals surface area contributed by atoms with E-state index < -0.39 is 0 Å². The minimum atomic E-state index is 0.288. The summed E-state index contributed by atoms with van der Waals surface area (Å²) in [5.41, 5.74) is 0. The molecular formula is C2H8B3N3. The normalized spacial score (nSPS) is 18.8. The van der Waals surface area contributed by atoms with Gasteiger partial charge in [0.2, 0.25) is 0 Å². The maximum atomic E-state index is 3.63. The van der Waals surface area contributed by atoms with Crippen LogP contribution in [0.2, 0.25) is 0 Å². The molecule has 0 spiro atoms. The Morgan fingerprint density at radius 2 is 2.00 bits per heavy atom. The van der Waals surface area contributed by atoms with Crippen LogP contribution < -0.4 is 15.4 Å². The summed E-state index contributed by atoms with van der Waals surface area (Å²) in [5, 5.41) is 9.34. The molecule has 0 atom stereocenters. The summed E-state index contributed by atoms with van der Waals surface area (Å²) in [4.78, 5) is 0. The van der Waals surface area contributed by atoms with Crippen molar-refractivity contribution in [3.05, 3.63) is 12.6 Å². The fourth-order valence-corrected chi connectivity index (χ4v) is 0.666. The van der Waals surface area contributed by atoms with Crippen LogP contribution in [0, 0.1) is 0 Å². The van der Waals surface area contributed by atoms with E-state index in [1.165, 1.54) is 0 Å². The third-order valence-corrected chi connectivity index (χ3v) is 1.13. The van der Waals surface area contributed by atoms with Crippen molar-refractivity contribution in [1.29, 1.82) is 0 Å². The SMILES string of the molecule is C=CB1NBNBN1. The second-order valence-corrected chi connectivity index (χ2v) is 1.73. The molecule has 0 aromatic carbocycles. The van der Waals surface area contributed by atoms with E-state index in [9.17, 15) is 0 Å². The lowest BCUT2D eigenvalue weighted by Gasteiger charge is -2.17. The van der Waals surface area contributed by atoms with Gasteiger partial charge in [-0.3, -0.25) is 0 Å².